The summed E-state index contributed by atoms with van der Waals surface area (Å²) in [6.07, 6.45) is 12.1. The molecule has 0 spiro atoms. The molecule has 3 amide bonds. The fraction of sp³-hybridized carbons (Fsp3) is 0.612. The molecule has 64 heavy (non-hydrogen) atoms. The van der Waals surface area contributed by atoms with Crippen LogP contribution in [0.5, 0.6) is 0 Å². The van der Waals surface area contributed by atoms with Crippen LogP contribution in [0.4, 0.5) is 0 Å². The van der Waals surface area contributed by atoms with Gasteiger partial charge in [0.1, 0.15) is 23.2 Å². The van der Waals surface area contributed by atoms with Crippen molar-refractivity contribution in [2.24, 2.45) is 21.8 Å². The number of nitrogens with zero attached hydrogens (tertiary/aromatic N) is 4. The maximum Gasteiger partial charge on any atom is 0.245 e. The summed E-state index contributed by atoms with van der Waals surface area (Å²) in [5.74, 6) is 1.94. The SMILES string of the molecule is CCC1=CC(c2ccc(-c3ccc(C4CC(Cl)NC(C5CCCN5C(=O)C(CC5CCCOC5)NC=O)=N4)cc3)cc2)N=C(C2CC[C@@H](C)N2C(=O)C(NCOC)C2CCCOC2)N1. The molecule has 0 aliphatic carbocycles. The molecule has 6 heterocycles. The zero-order valence-corrected chi connectivity index (χ0v) is 38.4. The molecule has 4 fully saturated rings. The minimum absolute atomic E-state index is 0.0738. The largest absolute Gasteiger partial charge is 0.381 e. The van der Waals surface area contributed by atoms with Gasteiger partial charge in [-0.05, 0) is 105 Å². The summed E-state index contributed by atoms with van der Waals surface area (Å²) >= 11 is 6.85. The Balaban J connectivity index is 0.949. The van der Waals surface area contributed by atoms with Gasteiger partial charge in [-0.3, -0.25) is 29.7 Å². The van der Waals surface area contributed by atoms with Crippen molar-refractivity contribution in [2.45, 2.75) is 132 Å². The molecule has 8 rings (SSSR count). The highest BCUT2D eigenvalue weighted by Gasteiger charge is 2.44. The molecular weight excluding hydrogens is 832 g/mol. The Morgan fingerprint density at radius 3 is 2.31 bits per heavy atom. The molecule has 346 valence electrons. The molecule has 0 saturated carbocycles. The van der Waals surface area contributed by atoms with E-state index in [2.05, 4.69) is 94.6 Å². The highest BCUT2D eigenvalue weighted by molar-refractivity contribution is 6.22. The van der Waals surface area contributed by atoms with Gasteiger partial charge in [0.15, 0.2) is 0 Å². The second-order valence-corrected chi connectivity index (χ2v) is 18.9. The van der Waals surface area contributed by atoms with E-state index >= 15 is 0 Å². The summed E-state index contributed by atoms with van der Waals surface area (Å²) < 4.78 is 16.8. The maximum atomic E-state index is 14.4. The molecule has 14 nitrogen and oxygen atoms in total. The lowest BCUT2D eigenvalue weighted by Crippen LogP contribution is -2.57. The number of likely N-dealkylation sites (tertiary alicyclic amines) is 2. The van der Waals surface area contributed by atoms with Crippen LogP contribution in [0, 0.1) is 11.8 Å². The number of halogens is 1. The van der Waals surface area contributed by atoms with Gasteiger partial charge in [-0.2, -0.15) is 0 Å². The van der Waals surface area contributed by atoms with Gasteiger partial charge < -0.3 is 40.0 Å². The summed E-state index contributed by atoms with van der Waals surface area (Å²) in [6.45, 7) is 7.88. The number of carbonyl (C=O) groups is 3. The molecule has 4 N–H and O–H groups in total. The van der Waals surface area contributed by atoms with Crippen molar-refractivity contribution in [1.82, 2.24) is 31.1 Å². The molecule has 0 radical (unpaired) electrons. The number of hydrogen-bond donors (Lipinski definition) is 4. The second-order valence-electron chi connectivity index (χ2n) is 18.4. The van der Waals surface area contributed by atoms with E-state index in [9.17, 15) is 14.4 Å². The zero-order chi connectivity index (χ0) is 44.6. The molecule has 0 bridgehead atoms. The predicted octanol–water partition coefficient (Wildman–Crippen LogP) is 5.98. The van der Waals surface area contributed by atoms with Crippen molar-refractivity contribution in [1.29, 1.82) is 0 Å². The van der Waals surface area contributed by atoms with Gasteiger partial charge in [0.05, 0.1) is 43.5 Å². The molecule has 6 aliphatic rings. The van der Waals surface area contributed by atoms with Gasteiger partial charge in [0, 0.05) is 57.6 Å². The lowest BCUT2D eigenvalue weighted by Gasteiger charge is -2.38. The Labute approximate surface area is 383 Å². The summed E-state index contributed by atoms with van der Waals surface area (Å²) in [6, 6.07) is 15.6. The molecule has 10 atom stereocenters. The standard InChI is InChI=1S/C49H67ClN8O6/c1-4-38-25-39(54-47(53-38)43-20-11-31(2)58(43)49(61)45(52-30-62-3)37-9-7-23-64-28-37)35-16-12-33(13-17-35)34-14-18-36(19-15-34)40-26-44(50)56-46(55-40)42-10-5-21-57(42)48(60)41(51-29-59)24-32-8-6-22-63-27-32/h12-19,25,29,31-32,37,39-45,52H,4-11,20-24,26-28,30H2,1-3H3,(H,51,59)(H,53,54)(H,55,56)/t31-,32?,37?,39?,40?,41?,42?,43?,44?,45?/m1/s1. The third kappa shape index (κ3) is 10.7. The second kappa shape index (κ2) is 21.8. The normalized spacial score (nSPS) is 29.4. The molecule has 9 unspecified atom stereocenters. The quantitative estimate of drug-likeness (QED) is 0.0689. The summed E-state index contributed by atoms with van der Waals surface area (Å²) in [5.41, 5.74) is 5.12. The smallest absolute Gasteiger partial charge is 0.245 e. The lowest BCUT2D eigenvalue weighted by molar-refractivity contribution is -0.138. The van der Waals surface area contributed by atoms with E-state index in [1.807, 2.05) is 4.90 Å². The van der Waals surface area contributed by atoms with Crippen molar-refractivity contribution in [3.63, 3.8) is 0 Å². The Morgan fingerprint density at radius 1 is 0.906 bits per heavy atom. The van der Waals surface area contributed by atoms with Crippen LogP contribution in [-0.4, -0.2) is 122 Å². The third-order valence-electron chi connectivity index (χ3n) is 14.1. The first-order valence-corrected chi connectivity index (χ1v) is 24.1. The van der Waals surface area contributed by atoms with Crippen LogP contribution < -0.4 is 21.3 Å². The van der Waals surface area contributed by atoms with Crippen LogP contribution in [0.15, 0.2) is 70.3 Å². The fourth-order valence-corrected chi connectivity index (χ4v) is 10.9. The number of allylic oxidation sites excluding steroid dienone is 1. The van der Waals surface area contributed by atoms with Gasteiger partial charge in [0.2, 0.25) is 18.2 Å². The highest BCUT2D eigenvalue weighted by Crippen LogP contribution is 2.35. The zero-order valence-electron chi connectivity index (χ0n) is 37.7. The average molecular weight is 900 g/mol. The summed E-state index contributed by atoms with van der Waals surface area (Å²) in [5, 5.41) is 13.2. The van der Waals surface area contributed by atoms with Gasteiger partial charge in [-0.1, -0.05) is 67.1 Å². The molecule has 4 saturated heterocycles. The number of hydrogen-bond acceptors (Lipinski definition) is 11. The average Bonchev–Trinajstić information content (AvgIpc) is 3.99. The number of carbonyl (C=O) groups excluding carboxylic acids is 3. The number of benzene rings is 2. The van der Waals surface area contributed by atoms with Crippen LogP contribution in [0.25, 0.3) is 11.1 Å². The first-order valence-electron chi connectivity index (χ1n) is 23.7. The third-order valence-corrected chi connectivity index (χ3v) is 14.4. The number of amidine groups is 2. The van der Waals surface area contributed by atoms with Gasteiger partial charge >= 0.3 is 0 Å². The van der Waals surface area contributed by atoms with E-state index in [1.54, 1.807) is 7.11 Å². The van der Waals surface area contributed by atoms with Crippen LogP contribution >= 0.6 is 11.6 Å². The minimum Gasteiger partial charge on any atom is -0.381 e. The van der Waals surface area contributed by atoms with E-state index in [0.29, 0.717) is 45.7 Å². The van der Waals surface area contributed by atoms with Crippen molar-refractivity contribution in [3.05, 3.63) is 71.4 Å². The Hall–Kier alpha value is -4.34. The van der Waals surface area contributed by atoms with Crippen molar-refractivity contribution >= 4 is 41.5 Å². The number of alkyl halides is 1. The first-order chi connectivity index (χ1) is 31.2. The Kier molecular flexibility index (Phi) is 15.7. The van der Waals surface area contributed by atoms with Gasteiger partial charge in [-0.15, -0.1) is 0 Å². The summed E-state index contributed by atoms with van der Waals surface area (Å²) in [7, 11) is 1.64. The molecule has 2 aromatic carbocycles. The fourth-order valence-electron chi connectivity index (χ4n) is 10.6. The maximum absolute atomic E-state index is 14.4. The van der Waals surface area contributed by atoms with Crippen molar-refractivity contribution in [3.8, 4) is 11.1 Å². The lowest BCUT2D eigenvalue weighted by atomic mass is 9.92. The van der Waals surface area contributed by atoms with Crippen LogP contribution in [0.2, 0.25) is 0 Å². The Morgan fingerprint density at radius 2 is 1.64 bits per heavy atom. The van der Waals surface area contributed by atoms with Gasteiger partial charge in [-0.25, -0.2) is 0 Å². The van der Waals surface area contributed by atoms with Crippen molar-refractivity contribution in [2.75, 3.05) is 46.8 Å². The number of aliphatic imine (C=N–C) groups is 2. The topological polar surface area (TPSA) is 158 Å². The number of rotatable bonds is 16. The first kappa shape index (κ1) is 46.2. The summed E-state index contributed by atoms with van der Waals surface area (Å²) in [4.78, 5) is 54.3. The van der Waals surface area contributed by atoms with E-state index in [-0.39, 0.29) is 65.4 Å². The van der Waals surface area contributed by atoms with Crippen molar-refractivity contribution < 1.29 is 28.6 Å². The molecular formula is C49H67ClN8O6. The molecule has 15 heteroatoms. The minimum atomic E-state index is -0.595. The molecule has 6 aliphatic heterocycles. The van der Waals surface area contributed by atoms with E-state index in [4.69, 9.17) is 35.8 Å². The molecule has 0 aromatic heterocycles. The monoisotopic (exact) mass is 898 g/mol. The van der Waals surface area contributed by atoms with E-state index in [0.717, 1.165) is 111 Å². The van der Waals surface area contributed by atoms with Crippen LogP contribution in [-0.2, 0) is 28.6 Å². The number of ether oxygens (including phenoxy) is 3. The molecule has 2 aromatic rings. The van der Waals surface area contributed by atoms with Crippen LogP contribution in [0.3, 0.4) is 0 Å². The van der Waals surface area contributed by atoms with Gasteiger partial charge in [0.25, 0.3) is 0 Å². The highest BCUT2D eigenvalue weighted by atomic mass is 35.5. The number of nitrogens with one attached hydrogen (secondary N) is 4. The van der Waals surface area contributed by atoms with E-state index < -0.39 is 6.04 Å². The van der Waals surface area contributed by atoms with E-state index in [1.165, 1.54) is 0 Å². The predicted molar refractivity (Wildman–Crippen MR) is 249 cm³/mol. The number of methoxy groups -OCH3 is 1. The Bertz CT molecular complexity index is 2000. The van der Waals surface area contributed by atoms with Crippen LogP contribution in [0.1, 0.15) is 108 Å². The number of amides is 3.